The summed E-state index contributed by atoms with van der Waals surface area (Å²) >= 11 is 0. The third kappa shape index (κ3) is 28.9. The molecular formula is C33H58NO10P. The van der Waals surface area contributed by atoms with Gasteiger partial charge in [-0.1, -0.05) is 102 Å². The molecule has 1 amide bonds. The number of phosphoric ester groups is 1. The molecular weight excluding hydrogens is 601 g/mol. The van der Waals surface area contributed by atoms with Gasteiger partial charge in [-0.15, -0.1) is 0 Å². The lowest BCUT2D eigenvalue weighted by Gasteiger charge is -2.18. The minimum absolute atomic E-state index is 0.136. The third-order valence-corrected chi connectivity index (χ3v) is 7.64. The van der Waals surface area contributed by atoms with Crippen molar-refractivity contribution in [3.05, 3.63) is 36.5 Å². The zero-order chi connectivity index (χ0) is 33.6. The van der Waals surface area contributed by atoms with Crippen molar-refractivity contribution in [2.75, 3.05) is 19.8 Å². The molecule has 260 valence electrons. The Morgan fingerprint density at radius 1 is 0.733 bits per heavy atom. The first kappa shape index (κ1) is 42.7. The van der Waals surface area contributed by atoms with Crippen LogP contribution in [-0.2, 0) is 32.7 Å². The molecule has 0 saturated heterocycles. The van der Waals surface area contributed by atoms with Gasteiger partial charge in [0.15, 0.2) is 6.04 Å². The lowest BCUT2D eigenvalue weighted by molar-refractivity contribution is -0.147. The molecule has 12 heteroatoms. The highest BCUT2D eigenvalue weighted by molar-refractivity contribution is 7.47. The molecule has 0 bridgehead atoms. The summed E-state index contributed by atoms with van der Waals surface area (Å²) in [6.45, 7) is 2.26. The fraction of sp³-hybridized carbons (Fsp3) is 0.727. The number of carbonyl (C=O) groups is 3. The monoisotopic (exact) mass is 659 g/mol. The maximum atomic E-state index is 12.1. The van der Waals surface area contributed by atoms with E-state index >= 15 is 0 Å². The van der Waals surface area contributed by atoms with Crippen molar-refractivity contribution in [2.24, 2.45) is 0 Å². The molecule has 4 N–H and O–H groups in total. The number of aliphatic hydroxyl groups excluding tert-OH is 1. The molecule has 0 saturated carbocycles. The zero-order valence-corrected chi connectivity index (χ0v) is 28.3. The van der Waals surface area contributed by atoms with Crippen LogP contribution >= 0.6 is 7.82 Å². The number of ether oxygens (including phenoxy) is 1. The Morgan fingerprint density at radius 2 is 1.29 bits per heavy atom. The number of hydrogen-bond acceptors (Lipinski definition) is 8. The lowest BCUT2D eigenvalue weighted by Crippen LogP contribution is -2.43. The van der Waals surface area contributed by atoms with Crippen LogP contribution in [0.2, 0.25) is 0 Å². The molecule has 0 aliphatic carbocycles. The molecule has 11 nitrogen and oxygen atoms in total. The average Bonchev–Trinajstić information content (AvgIpc) is 3.00. The third-order valence-electron chi connectivity index (χ3n) is 6.69. The van der Waals surface area contributed by atoms with Gasteiger partial charge >= 0.3 is 19.8 Å². The van der Waals surface area contributed by atoms with Crippen LogP contribution < -0.4 is 5.32 Å². The van der Waals surface area contributed by atoms with Crippen molar-refractivity contribution < 1.29 is 47.8 Å². The van der Waals surface area contributed by atoms with Crippen LogP contribution in [-0.4, -0.2) is 64.9 Å². The quantitative estimate of drug-likeness (QED) is 0.0274. The van der Waals surface area contributed by atoms with Gasteiger partial charge in [0.05, 0.1) is 13.2 Å². The number of hydrogen-bond donors (Lipinski definition) is 4. The molecule has 45 heavy (non-hydrogen) atoms. The molecule has 0 radical (unpaired) electrons. The van der Waals surface area contributed by atoms with E-state index in [1.165, 1.54) is 12.8 Å². The summed E-state index contributed by atoms with van der Waals surface area (Å²) in [6, 6.07) is -1.54. The van der Waals surface area contributed by atoms with E-state index in [1.807, 2.05) is 6.92 Å². The number of aliphatic hydroxyl groups is 1. The van der Waals surface area contributed by atoms with Gasteiger partial charge in [0.25, 0.3) is 0 Å². The second-order valence-corrected chi connectivity index (χ2v) is 12.4. The van der Waals surface area contributed by atoms with E-state index in [4.69, 9.17) is 4.74 Å². The number of unbranched alkanes of at least 4 members (excludes halogenated alkanes) is 10. The normalized spacial score (nSPS) is 14.6. The number of allylic oxidation sites excluding steroid dienone is 6. The minimum atomic E-state index is -4.73. The van der Waals surface area contributed by atoms with Crippen molar-refractivity contribution in [3.8, 4) is 0 Å². The van der Waals surface area contributed by atoms with E-state index in [0.717, 1.165) is 70.6 Å². The largest absolute Gasteiger partial charge is 0.480 e. The van der Waals surface area contributed by atoms with Gasteiger partial charge in [-0.25, -0.2) is 9.36 Å². The molecule has 0 aromatic rings. The number of rotatable bonds is 30. The average molecular weight is 660 g/mol. The van der Waals surface area contributed by atoms with Crippen molar-refractivity contribution in [2.45, 2.75) is 135 Å². The van der Waals surface area contributed by atoms with E-state index in [9.17, 15) is 34.1 Å². The van der Waals surface area contributed by atoms with Crippen molar-refractivity contribution in [1.29, 1.82) is 0 Å². The molecule has 0 spiro atoms. The van der Waals surface area contributed by atoms with Crippen LogP contribution in [0, 0.1) is 0 Å². The Balaban J connectivity index is 3.90. The van der Waals surface area contributed by atoms with Crippen LogP contribution in [0.5, 0.6) is 0 Å². The number of carbonyl (C=O) groups excluding carboxylic acids is 2. The topological polar surface area (TPSA) is 169 Å². The number of phosphoric acid groups is 1. The highest BCUT2D eigenvalue weighted by atomic mass is 31.2. The van der Waals surface area contributed by atoms with Crippen molar-refractivity contribution in [1.82, 2.24) is 5.32 Å². The Kier molecular flexibility index (Phi) is 27.6. The summed E-state index contributed by atoms with van der Waals surface area (Å²) < 4.78 is 26.4. The highest BCUT2D eigenvalue weighted by Gasteiger charge is 2.28. The van der Waals surface area contributed by atoms with Crippen molar-refractivity contribution in [3.63, 3.8) is 0 Å². The fourth-order valence-electron chi connectivity index (χ4n) is 4.09. The molecule has 0 aliphatic rings. The van der Waals surface area contributed by atoms with Gasteiger partial charge in [0.1, 0.15) is 12.7 Å². The number of carboxylic acid groups (broad SMARTS) is 1. The van der Waals surface area contributed by atoms with Crippen molar-refractivity contribution >= 4 is 25.7 Å². The number of esters is 1. The second kappa shape index (κ2) is 29.1. The lowest BCUT2D eigenvalue weighted by atomic mass is 10.1. The van der Waals surface area contributed by atoms with Crippen LogP contribution in [0.4, 0.5) is 0 Å². The molecule has 0 aromatic heterocycles. The summed E-state index contributed by atoms with van der Waals surface area (Å²) in [5, 5.41) is 21.4. The predicted molar refractivity (Wildman–Crippen MR) is 176 cm³/mol. The van der Waals surface area contributed by atoms with E-state index in [1.54, 1.807) is 0 Å². The summed E-state index contributed by atoms with van der Waals surface area (Å²) in [5.41, 5.74) is 0. The Morgan fingerprint density at radius 3 is 1.93 bits per heavy atom. The zero-order valence-electron chi connectivity index (χ0n) is 27.4. The Bertz CT molecular complexity index is 921. The Hall–Kier alpha value is -2.30. The van der Waals surface area contributed by atoms with Gasteiger partial charge < -0.3 is 25.2 Å². The molecule has 0 rings (SSSR count). The summed E-state index contributed by atoms with van der Waals surface area (Å²) in [5.74, 6) is -2.41. The highest BCUT2D eigenvalue weighted by Crippen LogP contribution is 2.43. The summed E-state index contributed by atoms with van der Waals surface area (Å²) in [4.78, 5) is 45.0. The van der Waals surface area contributed by atoms with Gasteiger partial charge in [0.2, 0.25) is 5.91 Å². The molecule has 3 unspecified atom stereocenters. The van der Waals surface area contributed by atoms with Gasteiger partial charge in [0, 0.05) is 12.8 Å². The van der Waals surface area contributed by atoms with Gasteiger partial charge in [-0.3, -0.25) is 18.6 Å². The van der Waals surface area contributed by atoms with E-state index in [0.29, 0.717) is 12.8 Å². The van der Waals surface area contributed by atoms with Crippen LogP contribution in [0.1, 0.15) is 123 Å². The molecule has 3 atom stereocenters. The van der Waals surface area contributed by atoms with Gasteiger partial charge in [-0.05, 0) is 44.9 Å². The number of aliphatic carboxylic acids is 1. The fourth-order valence-corrected chi connectivity index (χ4v) is 4.86. The van der Waals surface area contributed by atoms with Crippen LogP contribution in [0.25, 0.3) is 0 Å². The molecule has 0 aliphatic heterocycles. The van der Waals surface area contributed by atoms with Crippen LogP contribution in [0.15, 0.2) is 36.5 Å². The number of nitrogens with one attached hydrogen (secondary N) is 1. The minimum Gasteiger partial charge on any atom is -0.480 e. The molecule has 0 aromatic carbocycles. The maximum Gasteiger partial charge on any atom is 0.472 e. The van der Waals surface area contributed by atoms with Crippen LogP contribution in [0.3, 0.4) is 0 Å². The van der Waals surface area contributed by atoms with E-state index < -0.39 is 57.6 Å². The summed E-state index contributed by atoms with van der Waals surface area (Å²) in [6.07, 6.45) is 27.0. The first-order valence-corrected chi connectivity index (χ1v) is 18.0. The standard InChI is InChI=1S/C33H58NO10P/c1-3-5-7-9-10-11-12-13-14-15-16-17-18-19-20-21-23-25-32(37)42-26-29(35)27-43-45(40,41)44-28-30(33(38)39)34-31(36)24-22-8-6-4-2/h5,7,10-11,13-14,29-30,35H,3-4,6,8-9,12,15-28H2,1-2H3,(H,34,36)(H,38,39)(H,40,41)/b7-5-,11-10-,14-13-. The summed E-state index contributed by atoms with van der Waals surface area (Å²) in [7, 11) is -4.73. The Labute approximate surface area is 270 Å². The first-order valence-electron chi connectivity index (χ1n) is 16.5. The SMILES string of the molecule is CC/C=C\C/C=C\C/C=C\CCCCCCCCCC(=O)OCC(O)COP(=O)(O)OCC(NC(=O)CCCCCC)C(=O)O. The van der Waals surface area contributed by atoms with E-state index in [-0.39, 0.29) is 12.8 Å². The molecule has 0 heterocycles. The second-order valence-electron chi connectivity index (χ2n) is 11.0. The number of carboxylic acids is 1. The van der Waals surface area contributed by atoms with E-state index in [2.05, 4.69) is 57.7 Å². The predicted octanol–water partition coefficient (Wildman–Crippen LogP) is 6.93. The first-order chi connectivity index (χ1) is 21.6. The van der Waals surface area contributed by atoms with Gasteiger partial charge in [-0.2, -0.15) is 0 Å². The number of amides is 1. The molecule has 0 fully saturated rings. The maximum absolute atomic E-state index is 12.1. The smallest absolute Gasteiger partial charge is 0.472 e.